The second-order valence-corrected chi connectivity index (χ2v) is 17.4. The molecule has 2 aliphatic heterocycles. The van der Waals surface area contributed by atoms with E-state index >= 15 is 0 Å². The molecule has 2 saturated heterocycles. The largest absolute Gasteiger partial charge is 0.457 e. The second kappa shape index (κ2) is 15.3. The number of rotatable bonds is 10. The fourth-order valence-electron chi connectivity index (χ4n) is 6.40. The molecule has 1 spiro atoms. The van der Waals surface area contributed by atoms with Crippen LogP contribution in [0, 0.1) is 5.41 Å². The van der Waals surface area contributed by atoms with Gasteiger partial charge >= 0.3 is 15.2 Å². The smallest absolute Gasteiger partial charge is 0.335 e. The van der Waals surface area contributed by atoms with Crippen molar-refractivity contribution in [2.24, 2.45) is 5.41 Å². The van der Waals surface area contributed by atoms with Crippen LogP contribution in [0.2, 0.25) is 0 Å². The minimum atomic E-state index is -3.55. The van der Waals surface area contributed by atoms with E-state index < -0.39 is 20.6 Å². The van der Waals surface area contributed by atoms with Gasteiger partial charge in [-0.2, -0.15) is 0 Å². The highest BCUT2D eigenvalue weighted by atomic mass is 31.2. The molecule has 0 aromatic heterocycles. The molecule has 8 rings (SSSR count). The van der Waals surface area contributed by atoms with Crippen LogP contribution >= 0.6 is 15.2 Å². The van der Waals surface area contributed by atoms with Crippen molar-refractivity contribution in [3.8, 4) is 45.3 Å². The Labute approximate surface area is 309 Å². The van der Waals surface area contributed by atoms with Crippen molar-refractivity contribution in [2.45, 2.75) is 12.3 Å². The molecule has 0 unspecified atom stereocenters. The summed E-state index contributed by atoms with van der Waals surface area (Å²) >= 11 is 0. The Kier molecular flexibility index (Phi) is 10.2. The van der Waals surface area contributed by atoms with Crippen LogP contribution in [0.25, 0.3) is 22.3 Å². The van der Waals surface area contributed by atoms with Gasteiger partial charge in [0.15, 0.2) is 0 Å². The highest BCUT2D eigenvalue weighted by molar-refractivity contribution is 7.53. The van der Waals surface area contributed by atoms with Gasteiger partial charge in [0.1, 0.15) is 23.0 Å². The van der Waals surface area contributed by atoms with Gasteiger partial charge < -0.3 is 27.6 Å². The predicted molar refractivity (Wildman–Crippen MR) is 206 cm³/mol. The van der Waals surface area contributed by atoms with Crippen molar-refractivity contribution in [3.05, 3.63) is 169 Å². The lowest BCUT2D eigenvalue weighted by molar-refractivity contribution is -0.0690. The van der Waals surface area contributed by atoms with E-state index in [1.807, 2.05) is 158 Å². The van der Waals surface area contributed by atoms with Gasteiger partial charge in [0, 0.05) is 0 Å². The molecule has 2 heterocycles. The minimum absolute atomic E-state index is 0.0748. The van der Waals surface area contributed by atoms with Crippen molar-refractivity contribution < 1.29 is 36.7 Å². The van der Waals surface area contributed by atoms with Gasteiger partial charge in [0.25, 0.3) is 0 Å². The summed E-state index contributed by atoms with van der Waals surface area (Å²) in [5.74, 6) is 2.77. The Morgan fingerprint density at radius 2 is 0.774 bits per heavy atom. The van der Waals surface area contributed by atoms with E-state index in [2.05, 4.69) is 0 Å². The number of benzene rings is 6. The first-order valence-electron chi connectivity index (χ1n) is 17.4. The Morgan fingerprint density at radius 3 is 1.13 bits per heavy atom. The average Bonchev–Trinajstić information content (AvgIpc) is 3.20. The van der Waals surface area contributed by atoms with E-state index in [0.29, 0.717) is 11.5 Å². The van der Waals surface area contributed by atoms with Crippen LogP contribution in [0.3, 0.4) is 0 Å². The van der Waals surface area contributed by atoms with Crippen molar-refractivity contribution in [2.75, 3.05) is 26.4 Å². The van der Waals surface area contributed by atoms with Crippen LogP contribution in [-0.2, 0) is 39.5 Å². The zero-order valence-corrected chi connectivity index (χ0v) is 30.7. The summed E-state index contributed by atoms with van der Waals surface area (Å²) in [6, 6.07) is 50.3. The minimum Gasteiger partial charge on any atom is -0.457 e. The molecule has 8 nitrogen and oxygen atoms in total. The lowest BCUT2D eigenvalue weighted by Gasteiger charge is -2.43. The lowest BCUT2D eigenvalue weighted by Crippen LogP contribution is -2.45. The third-order valence-electron chi connectivity index (χ3n) is 9.29. The van der Waals surface area contributed by atoms with Gasteiger partial charge in [0.05, 0.1) is 44.2 Å². The Hall–Kier alpha value is -4.78. The monoisotopic (exact) mass is 744 g/mol. The van der Waals surface area contributed by atoms with Crippen molar-refractivity contribution >= 4 is 15.2 Å². The molecule has 0 N–H and O–H groups in total. The second-order valence-electron chi connectivity index (χ2n) is 13.3. The molecule has 10 heteroatoms. The SMILES string of the molecule is O=P1(Cc2ccc(Oc3ccccc3)cc2-c2ccccc2)OCC2(CO1)COP(=O)(Cc1ccc(Oc3ccccc3)cc1-c1ccccc1)OC2. The highest BCUT2D eigenvalue weighted by Gasteiger charge is 2.49. The number of para-hydroxylation sites is 2. The third-order valence-corrected chi connectivity index (χ3v) is 12.8. The Balaban J connectivity index is 0.944. The fraction of sp³-hybridized carbons (Fsp3) is 0.163. The molecule has 0 aliphatic carbocycles. The van der Waals surface area contributed by atoms with Gasteiger partial charge in [-0.25, -0.2) is 0 Å². The van der Waals surface area contributed by atoms with Crippen LogP contribution in [0.15, 0.2) is 158 Å². The first-order valence-corrected chi connectivity index (χ1v) is 20.9. The molecular formula is C43H38O8P2. The van der Waals surface area contributed by atoms with Gasteiger partial charge in [0.2, 0.25) is 0 Å². The van der Waals surface area contributed by atoms with Gasteiger partial charge in [-0.3, -0.25) is 9.13 Å². The van der Waals surface area contributed by atoms with E-state index in [9.17, 15) is 9.13 Å². The zero-order valence-electron chi connectivity index (χ0n) is 28.9. The molecule has 6 aromatic carbocycles. The Bertz CT molecular complexity index is 2080. The molecule has 0 atom stereocenters. The van der Waals surface area contributed by atoms with Crippen molar-refractivity contribution in [3.63, 3.8) is 0 Å². The number of hydrogen-bond donors (Lipinski definition) is 0. The lowest BCUT2D eigenvalue weighted by atomic mass is 9.93. The van der Waals surface area contributed by atoms with Crippen LogP contribution in [0.1, 0.15) is 11.1 Å². The Morgan fingerprint density at radius 1 is 0.434 bits per heavy atom. The average molecular weight is 745 g/mol. The van der Waals surface area contributed by atoms with E-state index in [1.54, 1.807) is 0 Å². The molecule has 6 aromatic rings. The summed E-state index contributed by atoms with van der Waals surface area (Å²) in [7, 11) is -7.10. The molecule has 0 saturated carbocycles. The van der Waals surface area contributed by atoms with Gasteiger partial charge in [-0.1, -0.05) is 109 Å². The van der Waals surface area contributed by atoms with E-state index in [4.69, 9.17) is 27.6 Å². The van der Waals surface area contributed by atoms with E-state index in [1.165, 1.54) is 0 Å². The van der Waals surface area contributed by atoms with Gasteiger partial charge in [-0.05, 0) is 81.9 Å². The summed E-state index contributed by atoms with van der Waals surface area (Å²) < 4.78 is 64.5. The van der Waals surface area contributed by atoms with Crippen LogP contribution in [0.4, 0.5) is 0 Å². The molecule has 0 amide bonds. The van der Waals surface area contributed by atoms with E-state index in [0.717, 1.165) is 44.9 Å². The maximum atomic E-state index is 14.0. The molecule has 53 heavy (non-hydrogen) atoms. The molecule has 2 fully saturated rings. The maximum absolute atomic E-state index is 14.0. The number of hydrogen-bond acceptors (Lipinski definition) is 8. The molecule has 0 radical (unpaired) electrons. The van der Waals surface area contributed by atoms with Crippen LogP contribution in [0.5, 0.6) is 23.0 Å². The predicted octanol–water partition coefficient (Wildman–Crippen LogP) is 11.8. The van der Waals surface area contributed by atoms with Crippen LogP contribution < -0.4 is 9.47 Å². The summed E-state index contributed by atoms with van der Waals surface area (Å²) in [5.41, 5.74) is 4.55. The van der Waals surface area contributed by atoms with Crippen molar-refractivity contribution in [1.82, 2.24) is 0 Å². The van der Waals surface area contributed by atoms with Gasteiger partial charge in [-0.15, -0.1) is 0 Å². The third kappa shape index (κ3) is 8.40. The van der Waals surface area contributed by atoms with Crippen molar-refractivity contribution in [1.29, 1.82) is 0 Å². The standard InChI is InChI=1S/C43H38O8P2/c44-52(27-35-21-23-39(50-37-17-9-3-10-18-37)25-41(35)33-13-5-1-6-14-33)46-29-43(30-47-52)31-48-53(45,49-32-43)28-36-22-24-40(51-38-19-11-4-12-20-38)26-42(36)34-15-7-2-8-16-34/h1-26H,27-32H2. The zero-order chi connectivity index (χ0) is 36.1. The van der Waals surface area contributed by atoms with E-state index in [-0.39, 0.29) is 38.8 Å². The quantitative estimate of drug-likeness (QED) is 0.128. The first kappa shape index (κ1) is 35.3. The summed E-state index contributed by atoms with van der Waals surface area (Å²) in [4.78, 5) is 0. The van der Waals surface area contributed by atoms with Crippen LogP contribution in [-0.4, -0.2) is 26.4 Å². The molecular weight excluding hydrogens is 706 g/mol. The highest BCUT2D eigenvalue weighted by Crippen LogP contribution is 2.62. The topological polar surface area (TPSA) is 89.5 Å². The number of ether oxygens (including phenoxy) is 2. The fourth-order valence-corrected chi connectivity index (χ4v) is 10.2. The normalized spacial score (nSPS) is 22.6. The maximum Gasteiger partial charge on any atom is 0.335 e. The first-order chi connectivity index (χ1) is 25.9. The molecule has 0 bridgehead atoms. The summed E-state index contributed by atoms with van der Waals surface area (Å²) in [5, 5.41) is 0. The summed E-state index contributed by atoms with van der Waals surface area (Å²) in [6.45, 7) is 0.337. The molecule has 2 aliphatic rings. The molecule has 268 valence electrons. The summed E-state index contributed by atoms with van der Waals surface area (Å²) in [6.07, 6.45) is 0.150.